The predicted molar refractivity (Wildman–Crippen MR) is 43.9 cm³/mol. The van der Waals surface area contributed by atoms with Crippen molar-refractivity contribution in [2.75, 3.05) is 11.6 Å². The zero-order chi connectivity index (χ0) is 6.81. The van der Waals surface area contributed by atoms with Crippen molar-refractivity contribution < 1.29 is 0 Å². The third-order valence-corrected chi connectivity index (χ3v) is 2.30. The van der Waals surface area contributed by atoms with Gasteiger partial charge in [0.15, 0.2) is 0 Å². The molecule has 0 spiro atoms. The van der Waals surface area contributed by atoms with E-state index in [0.29, 0.717) is 0 Å². The van der Waals surface area contributed by atoms with Crippen LogP contribution in [0.2, 0.25) is 0 Å². The number of hydrogen-bond acceptors (Lipinski definition) is 3. The van der Waals surface area contributed by atoms with Crippen molar-refractivity contribution in [3.8, 4) is 0 Å². The molecule has 10 heavy (non-hydrogen) atoms. The number of anilines is 1. The zero-order valence-electron chi connectivity index (χ0n) is 5.45. The Morgan fingerprint density at radius 3 is 3.20 bits per heavy atom. The first-order valence-corrected chi connectivity index (χ1v) is 4.07. The van der Waals surface area contributed by atoms with Crippen LogP contribution in [0.5, 0.6) is 0 Å². The summed E-state index contributed by atoms with van der Waals surface area (Å²) in [6.07, 6.45) is 4.06. The molecule has 0 saturated carbocycles. The quantitative estimate of drug-likeness (QED) is 0.657. The van der Waals surface area contributed by atoms with Crippen molar-refractivity contribution in [3.63, 3.8) is 0 Å². The highest BCUT2D eigenvalue weighted by Gasteiger charge is 2.05. The van der Waals surface area contributed by atoms with E-state index in [0.717, 1.165) is 6.54 Å². The van der Waals surface area contributed by atoms with Gasteiger partial charge in [0.2, 0.25) is 0 Å². The Morgan fingerprint density at radius 2 is 2.60 bits per heavy atom. The minimum atomic E-state index is 0.973. The molecule has 0 aliphatic carbocycles. The molecule has 0 fully saturated rings. The van der Waals surface area contributed by atoms with Crippen LogP contribution in [0.15, 0.2) is 29.8 Å². The number of nitrogens with zero attached hydrogens (tertiary/aromatic N) is 1. The molecule has 1 N–H and O–H groups in total. The van der Waals surface area contributed by atoms with Crippen LogP contribution >= 0.6 is 11.3 Å². The van der Waals surface area contributed by atoms with Gasteiger partial charge in [-0.15, -0.1) is 11.3 Å². The highest BCUT2D eigenvalue weighted by atomic mass is 32.1. The molecule has 0 amide bonds. The predicted octanol–water partition coefficient (Wildman–Crippen LogP) is 1.59. The van der Waals surface area contributed by atoms with E-state index in [1.54, 1.807) is 11.3 Å². The minimum absolute atomic E-state index is 0.973. The summed E-state index contributed by atoms with van der Waals surface area (Å²) in [6.45, 7) is 0.973. The molecule has 0 unspecified atom stereocenters. The Balaban J connectivity index is 2.14. The van der Waals surface area contributed by atoms with Crippen LogP contribution in [0.3, 0.4) is 0 Å². The fraction of sp³-hybridized carbons (Fsp3) is 0.143. The van der Waals surface area contributed by atoms with E-state index in [1.165, 1.54) is 5.00 Å². The normalized spacial score (nSPS) is 15.8. The molecule has 2 nitrogen and oxygen atoms in total. The van der Waals surface area contributed by atoms with E-state index in [2.05, 4.69) is 34.0 Å². The van der Waals surface area contributed by atoms with Crippen LogP contribution in [-0.4, -0.2) is 6.54 Å². The molecule has 1 aromatic heterocycles. The van der Waals surface area contributed by atoms with Crippen molar-refractivity contribution in [2.45, 2.75) is 0 Å². The first-order chi connectivity index (χ1) is 4.97. The lowest BCUT2D eigenvalue weighted by molar-refractivity contribution is 0.851. The zero-order valence-corrected chi connectivity index (χ0v) is 6.27. The maximum Gasteiger partial charge on any atom is 0.110 e. The van der Waals surface area contributed by atoms with Gasteiger partial charge in [-0.05, 0) is 23.6 Å². The van der Waals surface area contributed by atoms with Gasteiger partial charge in [-0.3, -0.25) is 5.01 Å². The van der Waals surface area contributed by atoms with Gasteiger partial charge < -0.3 is 5.43 Å². The monoisotopic (exact) mass is 152 g/mol. The summed E-state index contributed by atoms with van der Waals surface area (Å²) in [5, 5.41) is 5.45. The van der Waals surface area contributed by atoms with Crippen molar-refractivity contribution in [1.29, 1.82) is 0 Å². The molecule has 1 aliphatic rings. The first-order valence-electron chi connectivity index (χ1n) is 3.19. The molecule has 0 radical (unpaired) electrons. The summed E-state index contributed by atoms with van der Waals surface area (Å²) in [7, 11) is 0. The summed E-state index contributed by atoms with van der Waals surface area (Å²) in [5.41, 5.74) is 3.12. The van der Waals surface area contributed by atoms with E-state index in [-0.39, 0.29) is 0 Å². The van der Waals surface area contributed by atoms with Crippen LogP contribution in [0.1, 0.15) is 0 Å². The average molecular weight is 152 g/mol. The largest absolute Gasteiger partial charge is 0.305 e. The van der Waals surface area contributed by atoms with Crippen LogP contribution in [0.25, 0.3) is 0 Å². The second-order valence-electron chi connectivity index (χ2n) is 2.09. The van der Waals surface area contributed by atoms with E-state index < -0.39 is 0 Å². The number of rotatable bonds is 1. The van der Waals surface area contributed by atoms with E-state index in [1.807, 2.05) is 6.20 Å². The Morgan fingerprint density at radius 1 is 1.60 bits per heavy atom. The molecule has 3 heteroatoms. The molecule has 1 aromatic rings. The molecule has 0 bridgehead atoms. The van der Waals surface area contributed by atoms with Gasteiger partial charge in [0.25, 0.3) is 0 Å². The lowest BCUT2D eigenvalue weighted by Gasteiger charge is -2.14. The lowest BCUT2D eigenvalue weighted by atomic mass is 10.6. The van der Waals surface area contributed by atoms with E-state index in [4.69, 9.17) is 0 Å². The fourth-order valence-electron chi connectivity index (χ4n) is 0.931. The van der Waals surface area contributed by atoms with Crippen molar-refractivity contribution >= 4 is 16.3 Å². The van der Waals surface area contributed by atoms with E-state index >= 15 is 0 Å². The summed E-state index contributed by atoms with van der Waals surface area (Å²) in [6, 6.07) is 4.16. The Hall–Kier alpha value is -0.960. The molecular weight excluding hydrogens is 144 g/mol. The Bertz CT molecular complexity index is 220. The molecule has 52 valence electrons. The van der Waals surface area contributed by atoms with Crippen molar-refractivity contribution in [2.24, 2.45) is 0 Å². The molecule has 0 atom stereocenters. The third-order valence-electron chi connectivity index (χ3n) is 1.41. The van der Waals surface area contributed by atoms with Gasteiger partial charge in [-0.25, -0.2) is 0 Å². The average Bonchev–Trinajstić information content (AvgIpc) is 2.59. The fourth-order valence-corrected chi connectivity index (χ4v) is 1.64. The Labute approximate surface area is 63.8 Å². The number of hydrogen-bond donors (Lipinski definition) is 1. The van der Waals surface area contributed by atoms with Crippen molar-refractivity contribution in [3.05, 3.63) is 29.8 Å². The topological polar surface area (TPSA) is 15.3 Å². The van der Waals surface area contributed by atoms with Crippen LogP contribution in [-0.2, 0) is 0 Å². The van der Waals surface area contributed by atoms with E-state index in [9.17, 15) is 0 Å². The molecular formula is C7H8N2S. The lowest BCUT2D eigenvalue weighted by Crippen LogP contribution is -2.28. The molecule has 2 rings (SSSR count). The maximum absolute atomic E-state index is 3.12. The smallest absolute Gasteiger partial charge is 0.110 e. The first kappa shape index (κ1) is 5.80. The Kier molecular flexibility index (Phi) is 1.36. The second-order valence-corrected chi connectivity index (χ2v) is 3.02. The van der Waals surface area contributed by atoms with Gasteiger partial charge >= 0.3 is 0 Å². The standard InChI is InChI=1S/C7H8N2S/c1-3-7(10-6-1)9-5-2-4-8-9/h1-4,6,8H,5H2. The SMILES string of the molecule is C1=CNN(c2cccs2)C1. The number of hydrazine groups is 1. The summed E-state index contributed by atoms with van der Waals surface area (Å²) >= 11 is 1.74. The minimum Gasteiger partial charge on any atom is -0.305 e. The highest BCUT2D eigenvalue weighted by Crippen LogP contribution is 2.20. The number of nitrogens with one attached hydrogen (secondary N) is 1. The molecule has 2 heterocycles. The van der Waals surface area contributed by atoms with Crippen LogP contribution in [0, 0.1) is 0 Å². The molecule has 0 saturated heterocycles. The van der Waals surface area contributed by atoms with Gasteiger partial charge in [-0.2, -0.15) is 0 Å². The summed E-state index contributed by atoms with van der Waals surface area (Å²) in [4.78, 5) is 0. The second kappa shape index (κ2) is 2.34. The third kappa shape index (κ3) is 0.885. The van der Waals surface area contributed by atoms with Gasteiger partial charge in [-0.1, -0.05) is 0 Å². The summed E-state index contributed by atoms with van der Waals surface area (Å²) < 4.78 is 0. The van der Waals surface area contributed by atoms with Crippen molar-refractivity contribution in [1.82, 2.24) is 5.43 Å². The molecule has 1 aliphatic heterocycles. The summed E-state index contributed by atoms with van der Waals surface area (Å²) in [5.74, 6) is 0. The van der Waals surface area contributed by atoms with Gasteiger partial charge in [0.1, 0.15) is 5.00 Å². The van der Waals surface area contributed by atoms with Gasteiger partial charge in [0.05, 0.1) is 6.54 Å². The van der Waals surface area contributed by atoms with Crippen LogP contribution in [0.4, 0.5) is 5.00 Å². The number of thiophene rings is 1. The highest BCUT2D eigenvalue weighted by molar-refractivity contribution is 7.14. The maximum atomic E-state index is 3.12. The van der Waals surface area contributed by atoms with Gasteiger partial charge in [0, 0.05) is 6.20 Å². The molecule has 0 aromatic carbocycles. The van der Waals surface area contributed by atoms with Crippen LogP contribution < -0.4 is 10.4 Å².